The number of carbonyl (C=O) groups excluding carboxylic acids is 1. The largest absolute Gasteiger partial charge is 0.493 e. The van der Waals surface area contributed by atoms with Crippen LogP contribution in [0.25, 0.3) is 22.0 Å². The zero-order chi connectivity index (χ0) is 23.6. The van der Waals surface area contributed by atoms with Crippen molar-refractivity contribution in [3.63, 3.8) is 0 Å². The van der Waals surface area contributed by atoms with E-state index in [0.717, 1.165) is 22.0 Å². The summed E-state index contributed by atoms with van der Waals surface area (Å²) < 4.78 is 22.5. The van der Waals surface area contributed by atoms with E-state index in [2.05, 4.69) is 9.97 Å². The monoisotopic (exact) mass is 451 g/mol. The number of carbonyl (C=O) groups is 1. The fourth-order valence-electron chi connectivity index (χ4n) is 3.80. The molecule has 2 aromatic carbocycles. The molecule has 0 bridgehead atoms. The van der Waals surface area contributed by atoms with E-state index in [0.29, 0.717) is 36.9 Å². The molecular weight excluding hydrogens is 422 g/mol. The molecule has 0 spiro atoms. The van der Waals surface area contributed by atoms with E-state index >= 15 is 0 Å². The summed E-state index contributed by atoms with van der Waals surface area (Å²) in [7, 11) is 3.23. The fraction of sp³-hybridized carbons (Fsp3) is 0.400. The molecule has 8 heteroatoms. The molecule has 1 amide bonds. The third-order valence-corrected chi connectivity index (χ3v) is 5.39. The number of amides is 1. The van der Waals surface area contributed by atoms with Gasteiger partial charge in [0, 0.05) is 13.0 Å². The van der Waals surface area contributed by atoms with Crippen LogP contribution >= 0.6 is 0 Å². The third kappa shape index (κ3) is 5.10. The molecule has 1 atom stereocenters. The quantitative estimate of drug-likeness (QED) is 0.556. The Morgan fingerprint density at radius 2 is 1.73 bits per heavy atom. The Bertz CT molecular complexity index is 1160. The van der Waals surface area contributed by atoms with Crippen LogP contribution in [0.1, 0.15) is 27.2 Å². The number of aromatic nitrogens is 2. The zero-order valence-corrected chi connectivity index (χ0v) is 19.6. The second-order valence-corrected chi connectivity index (χ2v) is 8.94. The lowest BCUT2D eigenvalue weighted by Gasteiger charge is -2.24. The third-order valence-electron chi connectivity index (χ3n) is 5.39. The molecule has 4 rings (SSSR count). The van der Waals surface area contributed by atoms with Gasteiger partial charge in [0.1, 0.15) is 18.0 Å². The standard InChI is InChI=1S/C25H29N3O5/c1-25(2,3)33-24(29)28-11-10-18(14-28)32-23-19-12-16(6-8-20(19)26-15-27-23)17-7-9-21(30-4)22(13-17)31-5/h6-9,12-13,15,18H,10-11,14H2,1-5H3/t18-/m1/s1. The molecule has 2 heterocycles. The molecule has 0 saturated carbocycles. The lowest BCUT2D eigenvalue weighted by atomic mass is 10.0. The molecule has 1 saturated heterocycles. The lowest BCUT2D eigenvalue weighted by Crippen LogP contribution is -2.36. The number of ether oxygens (including phenoxy) is 4. The first-order valence-electron chi connectivity index (χ1n) is 10.9. The highest BCUT2D eigenvalue weighted by molar-refractivity contribution is 5.88. The van der Waals surface area contributed by atoms with Gasteiger partial charge in [-0.1, -0.05) is 12.1 Å². The summed E-state index contributed by atoms with van der Waals surface area (Å²) in [6, 6.07) is 11.7. The van der Waals surface area contributed by atoms with Gasteiger partial charge in [0.25, 0.3) is 0 Å². The molecular formula is C25H29N3O5. The van der Waals surface area contributed by atoms with Gasteiger partial charge in [0.15, 0.2) is 11.5 Å². The van der Waals surface area contributed by atoms with E-state index in [-0.39, 0.29) is 12.2 Å². The maximum Gasteiger partial charge on any atom is 0.410 e. The average molecular weight is 452 g/mol. The summed E-state index contributed by atoms with van der Waals surface area (Å²) in [6.45, 7) is 6.61. The van der Waals surface area contributed by atoms with E-state index < -0.39 is 5.60 Å². The van der Waals surface area contributed by atoms with Crippen molar-refractivity contribution in [2.45, 2.75) is 38.9 Å². The summed E-state index contributed by atoms with van der Waals surface area (Å²) >= 11 is 0. The molecule has 1 aromatic heterocycles. The Labute approximate surface area is 193 Å². The number of rotatable bonds is 5. The van der Waals surface area contributed by atoms with Gasteiger partial charge in [-0.15, -0.1) is 0 Å². The topological polar surface area (TPSA) is 83.0 Å². The van der Waals surface area contributed by atoms with Crippen LogP contribution in [0, 0.1) is 0 Å². The van der Waals surface area contributed by atoms with Crippen molar-refractivity contribution in [3.8, 4) is 28.5 Å². The molecule has 174 valence electrons. The van der Waals surface area contributed by atoms with Gasteiger partial charge in [-0.2, -0.15) is 0 Å². The minimum Gasteiger partial charge on any atom is -0.493 e. The normalized spacial score (nSPS) is 16.0. The van der Waals surface area contributed by atoms with Crippen LogP contribution in [0.3, 0.4) is 0 Å². The highest BCUT2D eigenvalue weighted by atomic mass is 16.6. The number of fused-ring (bicyclic) bond motifs is 1. The maximum atomic E-state index is 12.4. The van der Waals surface area contributed by atoms with Crippen LogP contribution in [0.15, 0.2) is 42.7 Å². The summed E-state index contributed by atoms with van der Waals surface area (Å²) in [4.78, 5) is 22.8. The van der Waals surface area contributed by atoms with Gasteiger partial charge in [0.2, 0.25) is 5.88 Å². The molecule has 0 aliphatic carbocycles. The summed E-state index contributed by atoms with van der Waals surface area (Å²) in [5.74, 6) is 1.83. The van der Waals surface area contributed by atoms with Crippen molar-refractivity contribution in [1.29, 1.82) is 0 Å². The Hall–Kier alpha value is -3.55. The van der Waals surface area contributed by atoms with Crippen molar-refractivity contribution < 1.29 is 23.7 Å². The van der Waals surface area contributed by atoms with Crippen molar-refractivity contribution in [2.24, 2.45) is 0 Å². The Kier molecular flexibility index (Phi) is 6.26. The zero-order valence-electron chi connectivity index (χ0n) is 19.6. The van der Waals surface area contributed by atoms with Crippen LogP contribution in [0.5, 0.6) is 17.4 Å². The van der Waals surface area contributed by atoms with Crippen LogP contribution in [-0.4, -0.2) is 60.0 Å². The van der Waals surface area contributed by atoms with Crippen LogP contribution < -0.4 is 14.2 Å². The number of nitrogens with zero attached hydrogens (tertiary/aromatic N) is 3. The average Bonchev–Trinajstić information content (AvgIpc) is 3.26. The van der Waals surface area contributed by atoms with Gasteiger partial charge < -0.3 is 23.8 Å². The predicted molar refractivity (Wildman–Crippen MR) is 125 cm³/mol. The van der Waals surface area contributed by atoms with Gasteiger partial charge in [-0.25, -0.2) is 14.8 Å². The van der Waals surface area contributed by atoms with Gasteiger partial charge in [-0.3, -0.25) is 0 Å². The van der Waals surface area contributed by atoms with Crippen molar-refractivity contribution in [1.82, 2.24) is 14.9 Å². The van der Waals surface area contributed by atoms with E-state index in [1.165, 1.54) is 6.33 Å². The molecule has 0 N–H and O–H groups in total. The Balaban J connectivity index is 1.57. The Morgan fingerprint density at radius 3 is 2.45 bits per heavy atom. The van der Waals surface area contributed by atoms with Crippen LogP contribution in [-0.2, 0) is 4.74 Å². The molecule has 0 unspecified atom stereocenters. The van der Waals surface area contributed by atoms with Gasteiger partial charge in [0.05, 0.1) is 31.7 Å². The molecule has 1 aliphatic heterocycles. The van der Waals surface area contributed by atoms with Gasteiger partial charge >= 0.3 is 6.09 Å². The number of benzene rings is 2. The molecule has 8 nitrogen and oxygen atoms in total. The van der Waals surface area contributed by atoms with Crippen LogP contribution in [0.4, 0.5) is 4.79 Å². The minimum atomic E-state index is -0.528. The van der Waals surface area contributed by atoms with Crippen molar-refractivity contribution in [2.75, 3.05) is 27.3 Å². The Morgan fingerprint density at radius 1 is 1.00 bits per heavy atom. The molecule has 3 aromatic rings. The second kappa shape index (κ2) is 9.13. The molecule has 0 radical (unpaired) electrons. The summed E-state index contributed by atoms with van der Waals surface area (Å²) in [6.07, 6.45) is 1.71. The van der Waals surface area contributed by atoms with E-state index in [4.69, 9.17) is 18.9 Å². The fourth-order valence-corrected chi connectivity index (χ4v) is 3.80. The maximum absolute atomic E-state index is 12.4. The molecule has 33 heavy (non-hydrogen) atoms. The molecule has 1 aliphatic rings. The predicted octanol–water partition coefficient (Wildman–Crippen LogP) is 4.70. The first-order chi connectivity index (χ1) is 15.8. The van der Waals surface area contributed by atoms with Crippen LogP contribution in [0.2, 0.25) is 0 Å². The molecule has 1 fully saturated rings. The van der Waals surface area contributed by atoms with E-state index in [1.807, 2.05) is 57.2 Å². The summed E-state index contributed by atoms with van der Waals surface area (Å²) in [5.41, 5.74) is 2.21. The number of likely N-dealkylation sites (tertiary alicyclic amines) is 1. The second-order valence-electron chi connectivity index (χ2n) is 8.94. The lowest BCUT2D eigenvalue weighted by molar-refractivity contribution is 0.0275. The number of hydrogen-bond donors (Lipinski definition) is 0. The van der Waals surface area contributed by atoms with Crippen molar-refractivity contribution >= 4 is 17.0 Å². The first kappa shape index (κ1) is 22.6. The van der Waals surface area contributed by atoms with E-state index in [1.54, 1.807) is 19.1 Å². The first-order valence-corrected chi connectivity index (χ1v) is 10.9. The van der Waals surface area contributed by atoms with Gasteiger partial charge in [-0.05, 0) is 56.2 Å². The number of methoxy groups -OCH3 is 2. The minimum absolute atomic E-state index is 0.166. The smallest absolute Gasteiger partial charge is 0.410 e. The number of hydrogen-bond acceptors (Lipinski definition) is 7. The van der Waals surface area contributed by atoms with E-state index in [9.17, 15) is 4.79 Å². The highest BCUT2D eigenvalue weighted by Gasteiger charge is 2.31. The van der Waals surface area contributed by atoms with Crippen molar-refractivity contribution in [3.05, 3.63) is 42.7 Å². The summed E-state index contributed by atoms with van der Waals surface area (Å²) in [5, 5.41) is 0.806. The highest BCUT2D eigenvalue weighted by Crippen LogP contribution is 2.34. The SMILES string of the molecule is COc1ccc(-c2ccc3ncnc(O[C@@H]4CCN(C(=O)OC(C)(C)C)C4)c3c2)cc1OC.